The van der Waals surface area contributed by atoms with Crippen LogP contribution in [0, 0.1) is 5.82 Å². The van der Waals surface area contributed by atoms with Gasteiger partial charge in [-0.25, -0.2) is 17.6 Å². The molecular weight excluding hydrogens is 347 g/mol. The number of piperazine rings is 1. The minimum Gasteiger partial charge on any atom is -0.462 e. The van der Waals surface area contributed by atoms with Crippen LogP contribution in [0.3, 0.4) is 0 Å². The van der Waals surface area contributed by atoms with E-state index in [1.54, 1.807) is 13.8 Å². The van der Waals surface area contributed by atoms with Gasteiger partial charge in [-0.15, -0.1) is 12.4 Å². The van der Waals surface area contributed by atoms with Gasteiger partial charge in [-0.1, -0.05) is 0 Å². The minimum atomic E-state index is -3.86. The normalized spacial score (nSPS) is 19.0. The number of sulfonamides is 1. The van der Waals surface area contributed by atoms with Gasteiger partial charge >= 0.3 is 5.97 Å². The molecule has 2 rings (SSSR count). The number of nitrogens with one attached hydrogen (secondary N) is 1. The maximum absolute atomic E-state index is 13.7. The van der Waals surface area contributed by atoms with Crippen molar-refractivity contribution >= 4 is 28.4 Å². The molecule has 1 N–H and O–H groups in total. The first-order valence-corrected chi connectivity index (χ1v) is 8.50. The summed E-state index contributed by atoms with van der Waals surface area (Å²) in [6.07, 6.45) is 0. The summed E-state index contributed by atoms with van der Waals surface area (Å²) in [5.41, 5.74) is -0.108. The number of ether oxygens (including phenoxy) is 1. The van der Waals surface area contributed by atoms with Gasteiger partial charge in [0.25, 0.3) is 0 Å². The van der Waals surface area contributed by atoms with Gasteiger partial charge in [-0.3, -0.25) is 0 Å². The highest BCUT2D eigenvalue weighted by Gasteiger charge is 2.31. The summed E-state index contributed by atoms with van der Waals surface area (Å²) in [7, 11) is -3.86. The van der Waals surface area contributed by atoms with Crippen molar-refractivity contribution in [3.63, 3.8) is 0 Å². The van der Waals surface area contributed by atoms with Crippen molar-refractivity contribution in [3.05, 3.63) is 29.6 Å². The van der Waals surface area contributed by atoms with E-state index < -0.39 is 21.8 Å². The van der Waals surface area contributed by atoms with Crippen molar-refractivity contribution in [1.82, 2.24) is 9.62 Å². The number of carbonyl (C=O) groups excluding carboxylic acids is 1. The highest BCUT2D eigenvalue weighted by Crippen LogP contribution is 2.22. The zero-order chi connectivity index (χ0) is 16.3. The largest absolute Gasteiger partial charge is 0.462 e. The molecule has 1 unspecified atom stereocenters. The molecule has 1 heterocycles. The van der Waals surface area contributed by atoms with Crippen LogP contribution in [-0.4, -0.2) is 51.0 Å². The summed E-state index contributed by atoms with van der Waals surface area (Å²) in [6, 6.07) is 2.81. The van der Waals surface area contributed by atoms with Gasteiger partial charge in [0.05, 0.1) is 17.1 Å². The maximum atomic E-state index is 13.7. The van der Waals surface area contributed by atoms with Crippen molar-refractivity contribution in [3.8, 4) is 0 Å². The molecule has 9 heteroatoms. The fourth-order valence-electron chi connectivity index (χ4n) is 2.36. The fraction of sp³-hybridized carbons (Fsp3) is 0.500. The first-order chi connectivity index (χ1) is 10.4. The summed E-state index contributed by atoms with van der Waals surface area (Å²) in [4.78, 5) is 11.5. The van der Waals surface area contributed by atoms with Crippen molar-refractivity contribution in [2.24, 2.45) is 0 Å². The molecule has 0 bridgehead atoms. The lowest BCUT2D eigenvalue weighted by Crippen LogP contribution is -2.52. The summed E-state index contributed by atoms with van der Waals surface area (Å²) in [6.45, 7) is 4.89. The van der Waals surface area contributed by atoms with Crippen LogP contribution >= 0.6 is 12.4 Å². The third-order valence-corrected chi connectivity index (χ3v) is 5.42. The molecule has 0 radical (unpaired) electrons. The summed E-state index contributed by atoms with van der Waals surface area (Å²) in [5, 5.41) is 3.09. The van der Waals surface area contributed by atoms with E-state index in [1.807, 2.05) is 0 Å². The number of carbonyl (C=O) groups is 1. The van der Waals surface area contributed by atoms with Crippen molar-refractivity contribution in [2.75, 3.05) is 26.2 Å². The molecule has 1 aromatic rings. The number of esters is 1. The molecule has 1 aliphatic rings. The van der Waals surface area contributed by atoms with Crippen LogP contribution in [0.25, 0.3) is 0 Å². The lowest BCUT2D eigenvalue weighted by molar-refractivity contribution is 0.0525. The Kier molecular flexibility index (Phi) is 6.94. The predicted molar refractivity (Wildman–Crippen MR) is 85.8 cm³/mol. The molecule has 0 spiro atoms. The lowest BCUT2D eigenvalue weighted by Gasteiger charge is -2.32. The molecule has 1 fully saturated rings. The smallest absolute Gasteiger partial charge is 0.338 e. The monoisotopic (exact) mass is 366 g/mol. The van der Waals surface area contributed by atoms with Gasteiger partial charge in [-0.2, -0.15) is 4.31 Å². The quantitative estimate of drug-likeness (QED) is 0.815. The second-order valence-corrected chi connectivity index (χ2v) is 6.96. The van der Waals surface area contributed by atoms with Crippen LogP contribution < -0.4 is 5.32 Å². The average molecular weight is 367 g/mol. The second-order valence-electron chi connectivity index (χ2n) is 5.06. The van der Waals surface area contributed by atoms with E-state index in [-0.39, 0.29) is 35.5 Å². The van der Waals surface area contributed by atoms with E-state index in [4.69, 9.17) is 4.74 Å². The Bertz CT molecular complexity index is 669. The van der Waals surface area contributed by atoms with Crippen LogP contribution in [0.4, 0.5) is 4.39 Å². The predicted octanol–water partition coefficient (Wildman–Crippen LogP) is 1.41. The molecule has 1 atom stereocenters. The van der Waals surface area contributed by atoms with Crippen LogP contribution in [0.5, 0.6) is 0 Å². The van der Waals surface area contributed by atoms with E-state index in [2.05, 4.69) is 5.32 Å². The van der Waals surface area contributed by atoms with Gasteiger partial charge in [0.15, 0.2) is 0 Å². The fourth-order valence-corrected chi connectivity index (χ4v) is 4.05. The third kappa shape index (κ3) is 4.41. The van der Waals surface area contributed by atoms with Crippen LogP contribution in [0.1, 0.15) is 24.2 Å². The summed E-state index contributed by atoms with van der Waals surface area (Å²) >= 11 is 0. The van der Waals surface area contributed by atoms with Gasteiger partial charge < -0.3 is 10.1 Å². The SMILES string of the molecule is CCOC(=O)c1cc(F)cc(S(=O)(=O)N2CCNCC2C)c1.Cl. The molecule has 23 heavy (non-hydrogen) atoms. The molecule has 130 valence electrons. The molecule has 1 aliphatic heterocycles. The van der Waals surface area contributed by atoms with Crippen molar-refractivity contribution in [1.29, 1.82) is 0 Å². The Labute approximate surface area is 141 Å². The highest BCUT2D eigenvalue weighted by atomic mass is 35.5. The van der Waals surface area contributed by atoms with E-state index >= 15 is 0 Å². The molecule has 1 aromatic carbocycles. The minimum absolute atomic E-state index is 0. The average Bonchev–Trinajstić information content (AvgIpc) is 2.47. The van der Waals surface area contributed by atoms with Crippen LogP contribution in [0.2, 0.25) is 0 Å². The van der Waals surface area contributed by atoms with Crippen LogP contribution in [-0.2, 0) is 14.8 Å². The van der Waals surface area contributed by atoms with Gasteiger partial charge in [0.2, 0.25) is 10.0 Å². The number of hydrogen-bond acceptors (Lipinski definition) is 5. The Hall–Kier alpha value is -1.22. The Morgan fingerprint density at radius 2 is 2.13 bits per heavy atom. The zero-order valence-corrected chi connectivity index (χ0v) is 14.5. The van der Waals surface area contributed by atoms with E-state index in [0.29, 0.717) is 19.6 Å². The summed E-state index contributed by atoms with van der Waals surface area (Å²) in [5.74, 6) is -1.53. The molecule has 0 saturated carbocycles. The Morgan fingerprint density at radius 3 is 2.74 bits per heavy atom. The Balaban J connectivity index is 0.00000264. The summed E-state index contributed by atoms with van der Waals surface area (Å²) < 4.78 is 45.1. The standard InChI is InChI=1S/C14H19FN2O4S.ClH/c1-3-21-14(18)11-6-12(15)8-13(7-11)22(19,20)17-5-4-16-9-10(17)2;/h6-8,10,16H,3-5,9H2,1-2H3;1H. The third-order valence-electron chi connectivity index (χ3n) is 3.43. The van der Waals surface area contributed by atoms with Gasteiger partial charge in [-0.05, 0) is 32.0 Å². The first kappa shape index (κ1) is 19.8. The van der Waals surface area contributed by atoms with E-state index in [9.17, 15) is 17.6 Å². The topological polar surface area (TPSA) is 75.7 Å². The van der Waals surface area contributed by atoms with Crippen LogP contribution in [0.15, 0.2) is 23.1 Å². The number of hydrogen-bond donors (Lipinski definition) is 1. The number of benzene rings is 1. The number of halogens is 2. The first-order valence-electron chi connectivity index (χ1n) is 7.06. The maximum Gasteiger partial charge on any atom is 0.338 e. The van der Waals surface area contributed by atoms with Gasteiger partial charge in [0, 0.05) is 25.7 Å². The molecular formula is C14H20ClFN2O4S. The van der Waals surface area contributed by atoms with E-state index in [1.165, 1.54) is 4.31 Å². The lowest BCUT2D eigenvalue weighted by atomic mass is 10.2. The van der Waals surface area contributed by atoms with E-state index in [0.717, 1.165) is 18.2 Å². The Morgan fingerprint density at radius 1 is 1.43 bits per heavy atom. The molecule has 0 aliphatic carbocycles. The number of nitrogens with zero attached hydrogens (tertiary/aromatic N) is 1. The second kappa shape index (κ2) is 8.05. The molecule has 1 saturated heterocycles. The number of rotatable bonds is 4. The van der Waals surface area contributed by atoms with Crippen molar-refractivity contribution in [2.45, 2.75) is 24.8 Å². The highest BCUT2D eigenvalue weighted by molar-refractivity contribution is 7.89. The van der Waals surface area contributed by atoms with Crippen molar-refractivity contribution < 1.29 is 22.3 Å². The molecule has 0 aromatic heterocycles. The zero-order valence-electron chi connectivity index (χ0n) is 12.9. The molecule has 0 amide bonds. The van der Waals surface area contributed by atoms with Gasteiger partial charge in [0.1, 0.15) is 5.82 Å². The molecule has 6 nitrogen and oxygen atoms in total.